The third-order valence-corrected chi connectivity index (χ3v) is 3.46. The van der Waals surface area contributed by atoms with Crippen molar-refractivity contribution in [1.29, 1.82) is 0 Å². The van der Waals surface area contributed by atoms with Crippen LogP contribution in [0.2, 0.25) is 0 Å². The minimum absolute atomic E-state index is 0.165. The lowest BCUT2D eigenvalue weighted by Gasteiger charge is -2.31. The average Bonchev–Trinajstić information content (AvgIpc) is 2.42. The fourth-order valence-corrected chi connectivity index (χ4v) is 2.41. The van der Waals surface area contributed by atoms with Crippen LogP contribution in [-0.2, 0) is 15.9 Å². The van der Waals surface area contributed by atoms with E-state index in [0.29, 0.717) is 19.3 Å². The Kier molecular flexibility index (Phi) is 5.17. The molecule has 0 radical (unpaired) electrons. The Labute approximate surface area is 109 Å². The molecule has 1 aromatic rings. The SMILES string of the molecule is CCNC(Cc1ccccc1C)C1COCCO1. The fourth-order valence-electron chi connectivity index (χ4n) is 2.41. The van der Waals surface area contributed by atoms with Gasteiger partial charge in [-0.15, -0.1) is 0 Å². The third kappa shape index (κ3) is 3.55. The third-order valence-electron chi connectivity index (χ3n) is 3.46. The molecule has 0 saturated carbocycles. The highest BCUT2D eigenvalue weighted by molar-refractivity contribution is 5.26. The topological polar surface area (TPSA) is 30.5 Å². The van der Waals surface area contributed by atoms with Crippen LogP contribution >= 0.6 is 0 Å². The predicted molar refractivity (Wildman–Crippen MR) is 72.9 cm³/mol. The molecule has 1 fully saturated rings. The molecule has 2 rings (SSSR count). The van der Waals surface area contributed by atoms with Gasteiger partial charge in [0.1, 0.15) is 0 Å². The highest BCUT2D eigenvalue weighted by Gasteiger charge is 2.24. The van der Waals surface area contributed by atoms with Crippen LogP contribution in [0.4, 0.5) is 0 Å². The van der Waals surface area contributed by atoms with Crippen LogP contribution in [0.3, 0.4) is 0 Å². The van der Waals surface area contributed by atoms with Crippen molar-refractivity contribution in [3.63, 3.8) is 0 Å². The maximum Gasteiger partial charge on any atom is 0.0965 e. The Morgan fingerprint density at radius 1 is 1.33 bits per heavy atom. The number of nitrogens with one attached hydrogen (secondary N) is 1. The lowest BCUT2D eigenvalue weighted by Crippen LogP contribution is -2.48. The summed E-state index contributed by atoms with van der Waals surface area (Å²) in [5, 5.41) is 3.52. The molecule has 0 bridgehead atoms. The number of hydrogen-bond acceptors (Lipinski definition) is 3. The van der Waals surface area contributed by atoms with Crippen molar-refractivity contribution in [2.75, 3.05) is 26.4 Å². The summed E-state index contributed by atoms with van der Waals surface area (Å²) in [4.78, 5) is 0. The molecular formula is C15H23NO2. The van der Waals surface area contributed by atoms with Crippen LogP contribution in [0.25, 0.3) is 0 Å². The lowest BCUT2D eigenvalue weighted by atomic mass is 9.97. The second kappa shape index (κ2) is 6.88. The maximum atomic E-state index is 5.82. The molecule has 1 aliphatic heterocycles. The quantitative estimate of drug-likeness (QED) is 0.865. The van der Waals surface area contributed by atoms with E-state index in [1.807, 2.05) is 0 Å². The largest absolute Gasteiger partial charge is 0.376 e. The molecule has 2 unspecified atom stereocenters. The Hall–Kier alpha value is -0.900. The van der Waals surface area contributed by atoms with Crippen molar-refractivity contribution in [2.45, 2.75) is 32.4 Å². The molecule has 2 atom stereocenters. The average molecular weight is 249 g/mol. The van der Waals surface area contributed by atoms with Gasteiger partial charge in [-0.2, -0.15) is 0 Å². The Bertz CT molecular complexity index is 361. The molecule has 0 aromatic heterocycles. The van der Waals surface area contributed by atoms with Gasteiger partial charge >= 0.3 is 0 Å². The zero-order valence-corrected chi connectivity index (χ0v) is 11.3. The van der Waals surface area contributed by atoms with Crippen LogP contribution in [-0.4, -0.2) is 38.5 Å². The summed E-state index contributed by atoms with van der Waals surface area (Å²) in [6, 6.07) is 8.88. The minimum atomic E-state index is 0.165. The summed E-state index contributed by atoms with van der Waals surface area (Å²) in [5.74, 6) is 0. The molecule has 1 N–H and O–H groups in total. The fraction of sp³-hybridized carbons (Fsp3) is 0.600. The van der Waals surface area contributed by atoms with E-state index < -0.39 is 0 Å². The Morgan fingerprint density at radius 3 is 2.83 bits per heavy atom. The van der Waals surface area contributed by atoms with E-state index in [0.717, 1.165) is 19.6 Å². The normalized spacial score (nSPS) is 21.8. The molecule has 1 heterocycles. The van der Waals surface area contributed by atoms with Gasteiger partial charge in [0.15, 0.2) is 0 Å². The second-order valence-electron chi connectivity index (χ2n) is 4.78. The van der Waals surface area contributed by atoms with Gasteiger partial charge in [0, 0.05) is 6.04 Å². The molecule has 0 amide bonds. The predicted octanol–water partition coefficient (Wildman–Crippen LogP) is 1.93. The van der Waals surface area contributed by atoms with Crippen molar-refractivity contribution < 1.29 is 9.47 Å². The van der Waals surface area contributed by atoms with Crippen LogP contribution < -0.4 is 5.32 Å². The summed E-state index contributed by atoms with van der Waals surface area (Å²) >= 11 is 0. The Morgan fingerprint density at radius 2 is 2.17 bits per heavy atom. The molecule has 3 nitrogen and oxygen atoms in total. The van der Waals surface area contributed by atoms with Gasteiger partial charge in [-0.25, -0.2) is 0 Å². The van der Waals surface area contributed by atoms with Gasteiger partial charge in [-0.1, -0.05) is 31.2 Å². The van der Waals surface area contributed by atoms with Crippen LogP contribution in [0.15, 0.2) is 24.3 Å². The first kappa shape index (κ1) is 13.5. The molecule has 18 heavy (non-hydrogen) atoms. The van der Waals surface area contributed by atoms with Crippen molar-refractivity contribution in [1.82, 2.24) is 5.32 Å². The molecule has 100 valence electrons. The number of aryl methyl sites for hydroxylation is 1. The number of rotatable bonds is 5. The van der Waals surface area contributed by atoms with E-state index in [1.54, 1.807) is 0 Å². The number of ether oxygens (including phenoxy) is 2. The minimum Gasteiger partial charge on any atom is -0.376 e. The summed E-state index contributed by atoms with van der Waals surface area (Å²) in [6.45, 7) is 7.38. The van der Waals surface area contributed by atoms with Gasteiger partial charge in [-0.3, -0.25) is 0 Å². The maximum absolute atomic E-state index is 5.82. The highest BCUT2D eigenvalue weighted by atomic mass is 16.6. The first-order valence-electron chi connectivity index (χ1n) is 6.78. The summed E-state index contributed by atoms with van der Waals surface area (Å²) in [5.41, 5.74) is 2.73. The molecule has 0 spiro atoms. The number of likely N-dealkylation sites (N-methyl/N-ethyl adjacent to an activating group) is 1. The van der Waals surface area contributed by atoms with Gasteiger partial charge in [0.2, 0.25) is 0 Å². The van der Waals surface area contributed by atoms with Crippen molar-refractivity contribution >= 4 is 0 Å². The molecule has 0 aliphatic carbocycles. The van der Waals surface area contributed by atoms with E-state index in [2.05, 4.69) is 43.4 Å². The number of benzene rings is 1. The molecule has 1 aromatic carbocycles. The van der Waals surface area contributed by atoms with E-state index in [-0.39, 0.29) is 6.10 Å². The molecule has 1 saturated heterocycles. The summed E-state index contributed by atoms with van der Waals surface area (Å²) in [6.07, 6.45) is 1.16. The number of hydrogen-bond donors (Lipinski definition) is 1. The standard InChI is InChI=1S/C15H23NO2/c1-3-16-14(15-11-17-8-9-18-15)10-13-7-5-4-6-12(13)2/h4-7,14-16H,3,8-11H2,1-2H3. The first-order valence-corrected chi connectivity index (χ1v) is 6.78. The van der Waals surface area contributed by atoms with Gasteiger partial charge in [0.05, 0.1) is 25.9 Å². The second-order valence-corrected chi connectivity index (χ2v) is 4.78. The van der Waals surface area contributed by atoms with Crippen molar-refractivity contribution in [3.05, 3.63) is 35.4 Å². The molecular weight excluding hydrogens is 226 g/mol. The Balaban J connectivity index is 2.03. The molecule has 1 aliphatic rings. The van der Waals surface area contributed by atoms with E-state index in [1.165, 1.54) is 11.1 Å². The monoisotopic (exact) mass is 249 g/mol. The smallest absolute Gasteiger partial charge is 0.0965 e. The lowest BCUT2D eigenvalue weighted by molar-refractivity contribution is -0.101. The van der Waals surface area contributed by atoms with E-state index >= 15 is 0 Å². The van der Waals surface area contributed by atoms with Crippen LogP contribution in [0, 0.1) is 6.92 Å². The van der Waals surface area contributed by atoms with Gasteiger partial charge < -0.3 is 14.8 Å². The van der Waals surface area contributed by atoms with E-state index in [4.69, 9.17) is 9.47 Å². The highest BCUT2D eigenvalue weighted by Crippen LogP contribution is 2.14. The molecule has 3 heteroatoms. The van der Waals surface area contributed by atoms with Gasteiger partial charge in [0.25, 0.3) is 0 Å². The zero-order valence-electron chi connectivity index (χ0n) is 11.3. The zero-order chi connectivity index (χ0) is 12.8. The van der Waals surface area contributed by atoms with Crippen LogP contribution in [0.1, 0.15) is 18.1 Å². The summed E-state index contributed by atoms with van der Waals surface area (Å²) in [7, 11) is 0. The van der Waals surface area contributed by atoms with E-state index in [9.17, 15) is 0 Å². The first-order chi connectivity index (χ1) is 8.81. The summed E-state index contributed by atoms with van der Waals surface area (Å²) < 4.78 is 11.3. The van der Waals surface area contributed by atoms with Crippen LogP contribution in [0.5, 0.6) is 0 Å². The van der Waals surface area contributed by atoms with Crippen molar-refractivity contribution in [3.8, 4) is 0 Å². The van der Waals surface area contributed by atoms with Gasteiger partial charge in [-0.05, 0) is 31.0 Å². The van der Waals surface area contributed by atoms with Crippen molar-refractivity contribution in [2.24, 2.45) is 0 Å².